The molecule has 4 aromatic rings. The summed E-state index contributed by atoms with van der Waals surface area (Å²) >= 11 is 0. The number of aromatic nitrogens is 2. The van der Waals surface area contributed by atoms with Crippen molar-refractivity contribution in [3.05, 3.63) is 90.5 Å². The van der Waals surface area contributed by atoms with Gasteiger partial charge >= 0.3 is 11.9 Å². The van der Waals surface area contributed by atoms with E-state index in [4.69, 9.17) is 33.2 Å². The van der Waals surface area contributed by atoms with Crippen LogP contribution >= 0.6 is 0 Å². The van der Waals surface area contributed by atoms with Crippen LogP contribution in [-0.4, -0.2) is 107 Å². The number of ether oxygens (including phenoxy) is 7. The molecule has 2 aromatic heterocycles. The van der Waals surface area contributed by atoms with Gasteiger partial charge in [-0.2, -0.15) is 0 Å². The number of para-hydroxylation sites is 1. The van der Waals surface area contributed by atoms with E-state index in [1.807, 2.05) is 30.3 Å². The number of nitrogens with one attached hydrogen (secondary N) is 1. The molecular formula is C38H40N2O13. The zero-order chi connectivity index (χ0) is 37.8. The number of hydrogen-bond acceptors (Lipinski definition) is 14. The van der Waals surface area contributed by atoms with Crippen LogP contribution in [0.25, 0.3) is 27.9 Å². The third kappa shape index (κ3) is 7.56. The van der Waals surface area contributed by atoms with E-state index in [9.17, 15) is 30.0 Å². The minimum atomic E-state index is -1.75. The van der Waals surface area contributed by atoms with Crippen molar-refractivity contribution in [1.29, 1.82) is 0 Å². The number of hydrogen-bond donors (Lipinski definition) is 5. The molecule has 8 atom stereocenters. The van der Waals surface area contributed by atoms with Gasteiger partial charge in [0.25, 0.3) is 0 Å². The first kappa shape index (κ1) is 37.3. The molecule has 15 nitrogen and oxygen atoms in total. The molecular weight excluding hydrogens is 692 g/mol. The summed E-state index contributed by atoms with van der Waals surface area (Å²) in [4.78, 5) is 33.6. The van der Waals surface area contributed by atoms with Gasteiger partial charge in [-0.3, -0.25) is 4.98 Å². The first-order chi connectivity index (χ1) is 25.6. The Morgan fingerprint density at radius 2 is 1.72 bits per heavy atom. The third-order valence-corrected chi connectivity index (χ3v) is 9.36. The van der Waals surface area contributed by atoms with E-state index in [2.05, 4.69) is 16.5 Å². The molecule has 15 heteroatoms. The largest absolute Gasteiger partial charge is 0.502 e. The van der Waals surface area contributed by atoms with Crippen LogP contribution in [0.2, 0.25) is 0 Å². The molecule has 53 heavy (non-hydrogen) atoms. The van der Waals surface area contributed by atoms with Crippen LogP contribution in [-0.2, 0) is 39.7 Å². The highest BCUT2D eigenvalue weighted by Gasteiger charge is 2.48. The fourth-order valence-electron chi connectivity index (χ4n) is 6.56. The smallest absolute Gasteiger partial charge is 0.337 e. The molecule has 0 aliphatic carbocycles. The van der Waals surface area contributed by atoms with Crippen LogP contribution < -0.4 is 9.47 Å². The van der Waals surface area contributed by atoms with Gasteiger partial charge in [0.05, 0.1) is 44.4 Å². The minimum absolute atomic E-state index is 0.127. The number of phenolic OH excluding ortho intramolecular Hbond substituents is 1. The second-order valence-corrected chi connectivity index (χ2v) is 12.4. The number of esters is 2. The van der Waals surface area contributed by atoms with Crippen LogP contribution in [0, 0.1) is 11.8 Å². The normalized spacial score (nSPS) is 25.8. The predicted octanol–water partition coefficient (Wildman–Crippen LogP) is 2.89. The fourth-order valence-corrected chi connectivity index (χ4v) is 6.56. The Kier molecular flexibility index (Phi) is 11.3. The average molecular weight is 733 g/mol. The van der Waals surface area contributed by atoms with E-state index < -0.39 is 67.4 Å². The standard InChI is InChI=1S/C38H40N2O13/c1-5-20-23(16-26-31-22(12-13-39-26)21-8-6-7-9-25(21)40-31)24(36(46)49-4)17-51-37(20)53-38-35(45)34(44)33(43)29(52-38)18-50-30(41)11-10-19-14-27(47-2)32(42)28(15-19)48-3/h5-15,17,20,23,29,33-35,37-38,40,42-45H,1,16,18H2,2-4H3/b11-10+/t20-,23+,29-,33-,34+,35-,37+,38+/m1/s1. The average Bonchev–Trinajstić information content (AvgIpc) is 3.56. The summed E-state index contributed by atoms with van der Waals surface area (Å²) in [6.07, 6.45) is -2.05. The summed E-state index contributed by atoms with van der Waals surface area (Å²) < 4.78 is 38.3. The highest BCUT2D eigenvalue weighted by molar-refractivity contribution is 6.07. The van der Waals surface area contributed by atoms with Gasteiger partial charge in [0.1, 0.15) is 31.0 Å². The van der Waals surface area contributed by atoms with Gasteiger partial charge in [0.15, 0.2) is 17.8 Å². The topological polar surface area (TPSA) is 208 Å². The quantitative estimate of drug-likeness (QED) is 0.0807. The highest BCUT2D eigenvalue weighted by Crippen LogP contribution is 2.39. The number of aliphatic hydroxyl groups excluding tert-OH is 3. The highest BCUT2D eigenvalue weighted by atomic mass is 16.8. The Bertz CT molecular complexity index is 2020. The molecule has 1 saturated heterocycles. The predicted molar refractivity (Wildman–Crippen MR) is 188 cm³/mol. The van der Waals surface area contributed by atoms with Crippen molar-refractivity contribution in [1.82, 2.24) is 9.97 Å². The molecule has 5 N–H and O–H groups in total. The number of phenols is 1. The number of nitrogens with zero attached hydrogens (tertiary/aromatic N) is 1. The molecule has 0 spiro atoms. The summed E-state index contributed by atoms with van der Waals surface area (Å²) in [5.74, 6) is -2.76. The maximum absolute atomic E-state index is 13.0. The van der Waals surface area contributed by atoms with E-state index >= 15 is 0 Å². The maximum atomic E-state index is 13.0. The number of aromatic hydroxyl groups is 1. The number of pyridine rings is 1. The van der Waals surface area contributed by atoms with Gasteiger partial charge in [-0.15, -0.1) is 6.58 Å². The molecule has 280 valence electrons. The SMILES string of the molecule is C=C[C@H]1[C@H](O[C@@H]2O[C@H](COC(=O)/C=C/c3cc(OC)c(O)c(OC)c3)[C@@H](O)[C@H](O)[C@H]2O)OC=C(C(=O)OC)[C@H]1Cc1nccc2c1[nH]c1ccccc12. The molecule has 0 saturated carbocycles. The number of methoxy groups -OCH3 is 3. The van der Waals surface area contributed by atoms with Crippen molar-refractivity contribution in [3.63, 3.8) is 0 Å². The van der Waals surface area contributed by atoms with Gasteiger partial charge in [-0.1, -0.05) is 24.3 Å². The second kappa shape index (κ2) is 16.1. The van der Waals surface area contributed by atoms with Crippen LogP contribution in [0.3, 0.4) is 0 Å². The Balaban J connectivity index is 1.18. The Morgan fingerprint density at radius 3 is 2.42 bits per heavy atom. The monoisotopic (exact) mass is 732 g/mol. The lowest BCUT2D eigenvalue weighted by atomic mass is 9.80. The van der Waals surface area contributed by atoms with Crippen molar-refractivity contribution in [3.8, 4) is 17.2 Å². The third-order valence-electron chi connectivity index (χ3n) is 9.36. The second-order valence-electron chi connectivity index (χ2n) is 12.4. The number of H-pyrrole nitrogens is 1. The van der Waals surface area contributed by atoms with Gasteiger partial charge < -0.3 is 58.6 Å². The number of rotatable bonds is 12. The number of benzene rings is 2. The van der Waals surface area contributed by atoms with E-state index in [-0.39, 0.29) is 29.2 Å². The van der Waals surface area contributed by atoms with Gasteiger partial charge in [0.2, 0.25) is 12.0 Å². The summed E-state index contributed by atoms with van der Waals surface area (Å²) in [5, 5.41) is 44.4. The van der Waals surface area contributed by atoms with Crippen molar-refractivity contribution < 1.29 is 63.2 Å². The molecule has 2 aliphatic rings. The van der Waals surface area contributed by atoms with Gasteiger partial charge in [0, 0.05) is 40.4 Å². The fraction of sp³-hybridized carbons (Fsp3) is 0.342. The first-order valence-electron chi connectivity index (χ1n) is 16.6. The summed E-state index contributed by atoms with van der Waals surface area (Å²) in [7, 11) is 3.99. The van der Waals surface area contributed by atoms with Crippen LogP contribution in [0.15, 0.2) is 79.2 Å². The van der Waals surface area contributed by atoms with E-state index in [0.29, 0.717) is 11.3 Å². The molecule has 2 aromatic carbocycles. The zero-order valence-electron chi connectivity index (χ0n) is 29.1. The summed E-state index contributed by atoms with van der Waals surface area (Å²) in [5.41, 5.74) is 3.04. The number of carbonyl (C=O) groups is 2. The van der Waals surface area contributed by atoms with Gasteiger partial charge in [-0.05, 0) is 42.3 Å². The molecule has 0 radical (unpaired) electrons. The molecule has 4 heterocycles. The van der Waals surface area contributed by atoms with Crippen molar-refractivity contribution in [2.45, 2.75) is 43.4 Å². The molecule has 0 unspecified atom stereocenters. The zero-order valence-corrected chi connectivity index (χ0v) is 29.1. The Hall–Kier alpha value is -5.45. The maximum Gasteiger partial charge on any atom is 0.337 e. The molecule has 0 bridgehead atoms. The summed E-state index contributed by atoms with van der Waals surface area (Å²) in [6, 6.07) is 12.7. The molecule has 0 amide bonds. The Labute approximate surface area is 303 Å². The van der Waals surface area contributed by atoms with Crippen molar-refractivity contribution >= 4 is 39.8 Å². The van der Waals surface area contributed by atoms with Crippen LogP contribution in [0.1, 0.15) is 11.3 Å². The molecule has 2 aliphatic heterocycles. The molecule has 1 fully saturated rings. The number of fused-ring (bicyclic) bond motifs is 3. The van der Waals surface area contributed by atoms with Crippen molar-refractivity contribution in [2.24, 2.45) is 11.8 Å². The first-order valence-corrected chi connectivity index (χ1v) is 16.6. The van der Waals surface area contributed by atoms with Crippen LogP contribution in [0.4, 0.5) is 0 Å². The van der Waals surface area contributed by atoms with Crippen molar-refractivity contribution in [2.75, 3.05) is 27.9 Å². The van der Waals surface area contributed by atoms with E-state index in [1.165, 1.54) is 45.8 Å². The van der Waals surface area contributed by atoms with E-state index in [1.54, 1.807) is 12.3 Å². The lowest BCUT2D eigenvalue weighted by Gasteiger charge is -2.43. The number of aromatic amines is 1. The lowest BCUT2D eigenvalue weighted by molar-refractivity contribution is -0.339. The van der Waals surface area contributed by atoms with Crippen LogP contribution in [0.5, 0.6) is 17.2 Å². The lowest BCUT2D eigenvalue weighted by Crippen LogP contribution is -2.60. The summed E-state index contributed by atoms with van der Waals surface area (Å²) in [6.45, 7) is 3.43. The van der Waals surface area contributed by atoms with E-state index in [0.717, 1.165) is 27.9 Å². The molecule has 6 rings (SSSR count). The van der Waals surface area contributed by atoms with Gasteiger partial charge in [-0.25, -0.2) is 9.59 Å². The number of carbonyl (C=O) groups excluding carboxylic acids is 2. The Morgan fingerprint density at radius 1 is 0.981 bits per heavy atom. The number of aliphatic hydroxyl groups is 3. The minimum Gasteiger partial charge on any atom is -0.502 e.